The van der Waals surface area contributed by atoms with Crippen LogP contribution in [0.25, 0.3) is 0 Å². The van der Waals surface area contributed by atoms with Gasteiger partial charge >= 0.3 is 0 Å². The maximum atomic E-state index is 4.44. The number of aryl methyl sites for hydroxylation is 11. The van der Waals surface area contributed by atoms with E-state index in [1.54, 1.807) is 11.3 Å². The fourth-order valence-electron chi connectivity index (χ4n) is 7.04. The van der Waals surface area contributed by atoms with E-state index in [2.05, 4.69) is 226 Å². The Bertz CT molecular complexity index is 2160. The highest BCUT2D eigenvalue weighted by Gasteiger charge is 2.10. The number of nitrogens with zero attached hydrogens (tertiary/aromatic N) is 9. The maximum absolute atomic E-state index is 4.44. The van der Waals surface area contributed by atoms with Crippen molar-refractivity contribution >= 4 is 16.5 Å². The minimum absolute atomic E-state index is 0.497. The van der Waals surface area contributed by atoms with E-state index >= 15 is 0 Å². The largest absolute Gasteiger partial charge is 0.365 e. The van der Waals surface area contributed by atoms with Crippen molar-refractivity contribution < 1.29 is 0 Å². The van der Waals surface area contributed by atoms with Gasteiger partial charge < -0.3 is 5.32 Å². The van der Waals surface area contributed by atoms with E-state index in [1.165, 1.54) is 33.0 Å². The van der Waals surface area contributed by atoms with Gasteiger partial charge in [0, 0.05) is 77.1 Å². The van der Waals surface area contributed by atoms with Gasteiger partial charge in [-0.2, -0.15) is 5.10 Å². The first-order valence-electron chi connectivity index (χ1n) is 25.6. The first-order chi connectivity index (χ1) is 32.3. The molecule has 10 nitrogen and oxygen atoms in total. The number of anilines is 1. The molecule has 0 radical (unpaired) electrons. The summed E-state index contributed by atoms with van der Waals surface area (Å²) in [5.41, 5.74) is 15.7. The van der Waals surface area contributed by atoms with Crippen LogP contribution in [-0.4, -0.2) is 51.7 Å². The summed E-state index contributed by atoms with van der Waals surface area (Å²) in [6, 6.07) is 12.9. The first kappa shape index (κ1) is 62.1. The molecule has 0 aromatic carbocycles. The number of pyridine rings is 2. The van der Waals surface area contributed by atoms with E-state index in [-0.39, 0.29) is 0 Å². The summed E-state index contributed by atoms with van der Waals surface area (Å²) in [6.45, 7) is 46.9. The molecule has 0 fully saturated rings. The van der Waals surface area contributed by atoms with E-state index in [0.29, 0.717) is 35.5 Å². The van der Waals surface area contributed by atoms with Crippen molar-refractivity contribution in [3.8, 4) is 0 Å². The lowest BCUT2D eigenvalue weighted by molar-refractivity contribution is 0.756. The molecule has 0 aliphatic carbocycles. The molecule has 0 atom stereocenters. The highest BCUT2D eigenvalue weighted by atomic mass is 32.1. The number of hydrogen-bond acceptors (Lipinski definition) is 10. The second-order valence-corrected chi connectivity index (χ2v) is 20.7. The number of hydrogen-bond donors (Lipinski definition) is 1. The van der Waals surface area contributed by atoms with Crippen molar-refractivity contribution in [2.45, 2.75) is 214 Å². The topological polar surface area (TPSA) is 120 Å². The molecule has 11 heteroatoms. The van der Waals surface area contributed by atoms with Gasteiger partial charge in [0.2, 0.25) is 0 Å². The van der Waals surface area contributed by atoms with Gasteiger partial charge in [-0.25, -0.2) is 24.9 Å². The molecular formula is C58H94N10S. The zero-order valence-electron chi connectivity index (χ0n) is 47.8. The molecule has 6 aromatic rings. The highest BCUT2D eigenvalue weighted by Crippen LogP contribution is 2.28. The van der Waals surface area contributed by atoms with Crippen LogP contribution in [0, 0.1) is 41.5 Å². The molecule has 0 bridgehead atoms. The summed E-state index contributed by atoms with van der Waals surface area (Å²) in [4.78, 5) is 32.1. The van der Waals surface area contributed by atoms with Crippen molar-refractivity contribution in [1.29, 1.82) is 0 Å². The molecule has 0 spiro atoms. The molecule has 6 heterocycles. The predicted octanol–water partition coefficient (Wildman–Crippen LogP) is 15.6. The monoisotopic (exact) mass is 963 g/mol. The Morgan fingerprint density at radius 2 is 0.942 bits per heavy atom. The van der Waals surface area contributed by atoms with Gasteiger partial charge in [0.1, 0.15) is 11.6 Å². The average molecular weight is 964 g/mol. The fourth-order valence-corrected chi connectivity index (χ4v) is 7.96. The van der Waals surface area contributed by atoms with E-state index in [0.717, 1.165) is 88.0 Å². The molecule has 6 aromatic heterocycles. The molecule has 0 amide bonds. The molecule has 69 heavy (non-hydrogen) atoms. The second kappa shape index (κ2) is 31.4. The fraction of sp³-hybridized carbons (Fsp3) is 0.586. The summed E-state index contributed by atoms with van der Waals surface area (Å²) >= 11 is 1.75. The van der Waals surface area contributed by atoms with Gasteiger partial charge in [-0.3, -0.25) is 14.6 Å². The summed E-state index contributed by atoms with van der Waals surface area (Å²) < 4.78 is 1.87. The maximum Gasteiger partial charge on any atom is 0.182 e. The van der Waals surface area contributed by atoms with Crippen molar-refractivity contribution in [1.82, 2.24) is 44.7 Å². The van der Waals surface area contributed by atoms with E-state index in [9.17, 15) is 0 Å². The lowest BCUT2D eigenvalue weighted by atomic mass is 10.0. The summed E-state index contributed by atoms with van der Waals surface area (Å²) in [7, 11) is 3.86. The van der Waals surface area contributed by atoms with Crippen LogP contribution in [0.5, 0.6) is 0 Å². The third-order valence-corrected chi connectivity index (χ3v) is 12.5. The van der Waals surface area contributed by atoms with Crippen molar-refractivity contribution in [2.75, 3.05) is 12.4 Å². The molecule has 0 aliphatic rings. The normalized spacial score (nSPS) is 10.8. The van der Waals surface area contributed by atoms with Crippen LogP contribution >= 0.6 is 11.3 Å². The van der Waals surface area contributed by atoms with Gasteiger partial charge in [-0.1, -0.05) is 111 Å². The summed E-state index contributed by atoms with van der Waals surface area (Å²) in [6.07, 6.45) is 6.05. The minimum atomic E-state index is 0.497. The third-order valence-electron chi connectivity index (χ3n) is 11.1. The van der Waals surface area contributed by atoms with Gasteiger partial charge in [0.15, 0.2) is 5.13 Å². The number of nitrogens with one attached hydrogen (secondary N) is 1. The van der Waals surface area contributed by atoms with Crippen molar-refractivity contribution in [3.63, 3.8) is 0 Å². The minimum Gasteiger partial charge on any atom is -0.365 e. The van der Waals surface area contributed by atoms with Gasteiger partial charge in [0.05, 0.1) is 11.4 Å². The lowest BCUT2D eigenvalue weighted by Gasteiger charge is -2.07. The van der Waals surface area contributed by atoms with Crippen molar-refractivity contribution in [3.05, 3.63) is 133 Å². The summed E-state index contributed by atoms with van der Waals surface area (Å²) in [5, 5.41) is 8.32. The molecule has 1 N–H and O–H groups in total. The Labute approximate surface area is 424 Å². The first-order valence-corrected chi connectivity index (χ1v) is 26.4. The van der Waals surface area contributed by atoms with Gasteiger partial charge in [0.25, 0.3) is 0 Å². The Morgan fingerprint density at radius 1 is 0.478 bits per heavy atom. The number of thiazole rings is 1. The van der Waals surface area contributed by atoms with Crippen LogP contribution in [0.3, 0.4) is 0 Å². The van der Waals surface area contributed by atoms with Crippen LogP contribution < -0.4 is 5.32 Å². The standard InChI is InChI=1S/2C11H17N.2C10H16N2.C8H14N2S.C8H14N2/c2*1-5-11-7-10(8(2)3)6-9(4)12-11;1-5-9-6-10(7(2)3)12-8(4)11-9;1-5-10-11-8(4)6-9(12-10)7(2)3;1-5(2)7-6(3)10-8(9-4)11-7;1-6(2)8-5-10(4)9-7(8)3/h2*6-8H,5H2,1-4H3;2*6-7H,5H2,1-4H3;5H,1-4H3,(H,9,10);5-6H,1-4H3. The molecular weight excluding hydrogens is 869 g/mol. The van der Waals surface area contributed by atoms with Crippen LogP contribution in [0.15, 0.2) is 42.6 Å². The quantitative estimate of drug-likeness (QED) is 0.135. The molecule has 6 rings (SSSR count). The Hall–Kier alpha value is -4.90. The molecule has 0 unspecified atom stereocenters. The second-order valence-electron chi connectivity index (χ2n) is 19.7. The molecule has 382 valence electrons. The molecule has 0 saturated heterocycles. The summed E-state index contributed by atoms with van der Waals surface area (Å²) in [5.74, 6) is 5.24. The molecule has 0 saturated carbocycles. The van der Waals surface area contributed by atoms with Crippen LogP contribution in [0.2, 0.25) is 0 Å². The highest BCUT2D eigenvalue weighted by molar-refractivity contribution is 7.15. The van der Waals surface area contributed by atoms with Gasteiger partial charge in [-0.05, 0) is 149 Å². The molecule has 0 aliphatic heterocycles. The van der Waals surface area contributed by atoms with Crippen LogP contribution in [-0.2, 0) is 32.7 Å². The van der Waals surface area contributed by atoms with Crippen LogP contribution in [0.4, 0.5) is 5.13 Å². The predicted molar refractivity (Wildman–Crippen MR) is 298 cm³/mol. The zero-order chi connectivity index (χ0) is 52.7. The SMILES string of the molecule is CCc1cc(C(C)C)cc(C)n1.CCc1cc(C(C)C)cc(C)n1.CCc1cc(C(C)C)nc(C)n1.CCc1nc(C)cc(C(C)C)n1.CNc1nc(C)c(C(C)C)s1.Cc1nn(C)cc1C(C)C. The average Bonchev–Trinajstić information content (AvgIpc) is 3.86. The van der Waals surface area contributed by atoms with E-state index in [4.69, 9.17) is 0 Å². The third kappa shape index (κ3) is 23.0. The van der Waals surface area contributed by atoms with Gasteiger partial charge in [-0.15, -0.1) is 11.3 Å². The Balaban J connectivity index is 0.000000414. The van der Waals surface area contributed by atoms with Crippen LogP contribution in [0.1, 0.15) is 236 Å². The smallest absolute Gasteiger partial charge is 0.182 e. The Kier molecular flexibility index (Phi) is 28.2. The van der Waals surface area contributed by atoms with E-state index < -0.39 is 0 Å². The van der Waals surface area contributed by atoms with E-state index in [1.807, 2.05) is 32.6 Å². The Morgan fingerprint density at radius 3 is 1.28 bits per heavy atom. The zero-order valence-corrected chi connectivity index (χ0v) is 48.6. The number of aromatic nitrogens is 9. The lowest BCUT2D eigenvalue weighted by Crippen LogP contribution is -2.01. The number of rotatable bonds is 11. The van der Waals surface area contributed by atoms with Crippen molar-refractivity contribution in [2.24, 2.45) is 7.05 Å².